The molecule has 0 saturated carbocycles. The van der Waals surface area contributed by atoms with Gasteiger partial charge in [-0.15, -0.1) is 10.2 Å². The van der Waals surface area contributed by atoms with Gasteiger partial charge in [-0.1, -0.05) is 25.6 Å². The van der Waals surface area contributed by atoms with E-state index in [0.717, 1.165) is 38.2 Å². The van der Waals surface area contributed by atoms with Crippen molar-refractivity contribution >= 4 is 17.7 Å². The van der Waals surface area contributed by atoms with Crippen LogP contribution in [0.4, 0.5) is 0 Å². The Labute approximate surface area is 122 Å². The van der Waals surface area contributed by atoms with E-state index in [4.69, 9.17) is 9.84 Å². The number of hydrogen-bond donors (Lipinski definition) is 1. The first-order valence-electron chi connectivity index (χ1n) is 6.94. The van der Waals surface area contributed by atoms with E-state index in [0.29, 0.717) is 11.1 Å². The third-order valence-corrected chi connectivity index (χ3v) is 4.05. The van der Waals surface area contributed by atoms with Crippen LogP contribution < -0.4 is 0 Å². The van der Waals surface area contributed by atoms with E-state index in [9.17, 15) is 4.79 Å². The molecule has 0 amide bonds. The summed E-state index contributed by atoms with van der Waals surface area (Å²) < 4.78 is 7.68. The Balaban J connectivity index is 2.10. The average Bonchev–Trinajstić information content (AvgIpc) is 2.99. The van der Waals surface area contributed by atoms with E-state index < -0.39 is 5.97 Å². The van der Waals surface area contributed by atoms with Crippen LogP contribution >= 0.6 is 11.8 Å². The number of rotatable bonds is 7. The summed E-state index contributed by atoms with van der Waals surface area (Å²) in [6.07, 6.45) is 3.14. The highest BCUT2D eigenvalue weighted by Gasteiger charge is 2.21. The van der Waals surface area contributed by atoms with Crippen molar-refractivity contribution in [3.05, 3.63) is 5.82 Å². The second-order valence-corrected chi connectivity index (χ2v) is 6.37. The normalized spacial score (nSPS) is 18.9. The molecule has 1 aromatic rings. The van der Waals surface area contributed by atoms with E-state index in [1.165, 1.54) is 11.8 Å². The van der Waals surface area contributed by atoms with Gasteiger partial charge in [0.2, 0.25) is 0 Å². The van der Waals surface area contributed by atoms with Crippen molar-refractivity contribution in [3.63, 3.8) is 0 Å². The van der Waals surface area contributed by atoms with E-state index >= 15 is 0 Å². The molecule has 112 valence electrons. The van der Waals surface area contributed by atoms with E-state index in [-0.39, 0.29) is 11.9 Å². The molecule has 20 heavy (non-hydrogen) atoms. The number of thioether (sulfide) groups is 1. The number of carbonyl (C=O) groups is 1. The SMILES string of the molecule is CC(C)Cn1c(CC2CCCO2)nnc1SCC(=O)O. The molecule has 0 bridgehead atoms. The Morgan fingerprint density at radius 1 is 1.55 bits per heavy atom. The first kappa shape index (κ1) is 15.3. The average molecular weight is 299 g/mol. The van der Waals surface area contributed by atoms with Gasteiger partial charge in [0, 0.05) is 19.6 Å². The molecule has 1 N–H and O–H groups in total. The molecular weight excluding hydrogens is 278 g/mol. The van der Waals surface area contributed by atoms with Crippen molar-refractivity contribution in [3.8, 4) is 0 Å². The molecular formula is C13H21N3O3S. The summed E-state index contributed by atoms with van der Waals surface area (Å²) >= 11 is 1.22. The van der Waals surface area contributed by atoms with Crippen LogP contribution in [0.1, 0.15) is 32.5 Å². The van der Waals surface area contributed by atoms with Crippen LogP contribution in [0.15, 0.2) is 5.16 Å². The topological polar surface area (TPSA) is 77.2 Å². The fourth-order valence-corrected chi connectivity index (χ4v) is 2.95. The second-order valence-electron chi connectivity index (χ2n) is 5.42. The molecule has 7 heteroatoms. The number of aromatic nitrogens is 3. The Morgan fingerprint density at radius 3 is 2.95 bits per heavy atom. The fraction of sp³-hybridized carbons (Fsp3) is 0.769. The summed E-state index contributed by atoms with van der Waals surface area (Å²) in [5.41, 5.74) is 0. The monoisotopic (exact) mass is 299 g/mol. The summed E-state index contributed by atoms with van der Waals surface area (Å²) in [5, 5.41) is 17.8. The zero-order valence-electron chi connectivity index (χ0n) is 11.9. The molecule has 6 nitrogen and oxygen atoms in total. The van der Waals surface area contributed by atoms with Gasteiger partial charge in [0.1, 0.15) is 5.82 Å². The highest BCUT2D eigenvalue weighted by atomic mass is 32.2. The lowest BCUT2D eigenvalue weighted by molar-refractivity contribution is -0.133. The number of aliphatic carboxylic acids is 1. The van der Waals surface area contributed by atoms with Crippen molar-refractivity contribution in [1.82, 2.24) is 14.8 Å². The number of carboxylic acids is 1. The molecule has 0 spiro atoms. The second kappa shape index (κ2) is 7.08. The molecule has 2 rings (SSSR count). The zero-order chi connectivity index (χ0) is 14.5. The molecule has 1 atom stereocenters. The van der Waals surface area contributed by atoms with Crippen molar-refractivity contribution < 1.29 is 14.6 Å². The molecule has 1 unspecified atom stereocenters. The highest BCUT2D eigenvalue weighted by Crippen LogP contribution is 2.22. The Bertz CT molecular complexity index is 456. The molecule has 2 heterocycles. The molecule has 0 aromatic carbocycles. The van der Waals surface area contributed by atoms with E-state index in [1.807, 2.05) is 4.57 Å². The van der Waals surface area contributed by atoms with Gasteiger partial charge in [0.15, 0.2) is 5.16 Å². The van der Waals surface area contributed by atoms with E-state index in [2.05, 4.69) is 24.0 Å². The van der Waals surface area contributed by atoms with Crippen LogP contribution in [0.25, 0.3) is 0 Å². The number of nitrogens with zero attached hydrogens (tertiary/aromatic N) is 3. The van der Waals surface area contributed by atoms with Crippen molar-refractivity contribution in [2.24, 2.45) is 5.92 Å². The van der Waals surface area contributed by atoms with Crippen LogP contribution in [-0.2, 0) is 22.5 Å². The van der Waals surface area contributed by atoms with Gasteiger partial charge in [0.25, 0.3) is 0 Å². The van der Waals surface area contributed by atoms with Gasteiger partial charge in [-0.3, -0.25) is 4.79 Å². The van der Waals surface area contributed by atoms with E-state index in [1.54, 1.807) is 0 Å². The van der Waals surface area contributed by atoms with Gasteiger partial charge in [-0.25, -0.2) is 0 Å². The zero-order valence-corrected chi connectivity index (χ0v) is 12.7. The lowest BCUT2D eigenvalue weighted by Crippen LogP contribution is -2.16. The molecule has 1 saturated heterocycles. The summed E-state index contributed by atoms with van der Waals surface area (Å²) in [5.74, 6) is 0.530. The third kappa shape index (κ3) is 4.21. The highest BCUT2D eigenvalue weighted by molar-refractivity contribution is 7.99. The van der Waals surface area contributed by atoms with Gasteiger partial charge in [-0.2, -0.15) is 0 Å². The predicted molar refractivity (Wildman–Crippen MR) is 75.9 cm³/mol. The van der Waals surface area contributed by atoms with Crippen molar-refractivity contribution in [2.45, 2.75) is 50.9 Å². The maximum absolute atomic E-state index is 10.7. The Hall–Kier alpha value is -1.08. The molecule has 0 radical (unpaired) electrons. The first-order chi connectivity index (χ1) is 9.56. The minimum absolute atomic E-state index is 0.0101. The quantitative estimate of drug-likeness (QED) is 0.774. The standard InChI is InChI=1S/C13H21N3O3S/c1-9(2)7-16-11(6-10-4-3-5-19-10)14-15-13(16)20-8-12(17)18/h9-10H,3-8H2,1-2H3,(H,17,18). The maximum atomic E-state index is 10.7. The molecule has 1 fully saturated rings. The number of hydrogen-bond acceptors (Lipinski definition) is 5. The van der Waals surface area contributed by atoms with Crippen molar-refractivity contribution in [1.29, 1.82) is 0 Å². The van der Waals surface area contributed by atoms with Gasteiger partial charge in [-0.05, 0) is 18.8 Å². The van der Waals surface area contributed by atoms with Gasteiger partial charge >= 0.3 is 5.97 Å². The largest absolute Gasteiger partial charge is 0.481 e. The van der Waals surface area contributed by atoms with Crippen LogP contribution in [-0.4, -0.2) is 44.3 Å². The molecule has 0 aliphatic carbocycles. The van der Waals surface area contributed by atoms with Gasteiger partial charge < -0.3 is 14.4 Å². The fourth-order valence-electron chi connectivity index (χ4n) is 2.26. The summed E-state index contributed by atoms with van der Waals surface area (Å²) in [6, 6.07) is 0. The van der Waals surface area contributed by atoms with Crippen LogP contribution in [0.3, 0.4) is 0 Å². The summed E-state index contributed by atoms with van der Waals surface area (Å²) in [7, 11) is 0. The molecule has 1 aliphatic heterocycles. The number of carboxylic acid groups (broad SMARTS) is 1. The summed E-state index contributed by atoms with van der Waals surface area (Å²) in [4.78, 5) is 10.7. The lowest BCUT2D eigenvalue weighted by Gasteiger charge is -2.14. The summed E-state index contributed by atoms with van der Waals surface area (Å²) in [6.45, 7) is 5.88. The molecule has 1 aliphatic rings. The molecule has 1 aromatic heterocycles. The predicted octanol–water partition coefficient (Wildman–Crippen LogP) is 1.83. The third-order valence-electron chi connectivity index (χ3n) is 3.10. The minimum Gasteiger partial charge on any atom is -0.481 e. The Morgan fingerprint density at radius 2 is 2.35 bits per heavy atom. The van der Waals surface area contributed by atoms with Gasteiger partial charge in [0.05, 0.1) is 11.9 Å². The number of ether oxygens (including phenoxy) is 1. The van der Waals surface area contributed by atoms with Crippen LogP contribution in [0.2, 0.25) is 0 Å². The minimum atomic E-state index is -0.838. The Kier molecular flexibility index (Phi) is 5.42. The van der Waals surface area contributed by atoms with Crippen LogP contribution in [0.5, 0.6) is 0 Å². The first-order valence-corrected chi connectivity index (χ1v) is 7.93. The maximum Gasteiger partial charge on any atom is 0.313 e. The van der Waals surface area contributed by atoms with Crippen LogP contribution in [0, 0.1) is 5.92 Å². The lowest BCUT2D eigenvalue weighted by atomic mass is 10.1. The smallest absolute Gasteiger partial charge is 0.313 e. The van der Waals surface area contributed by atoms with Crippen molar-refractivity contribution in [2.75, 3.05) is 12.4 Å².